The molecule has 2 heterocycles. The lowest BCUT2D eigenvalue weighted by atomic mass is 10.1. The van der Waals surface area contributed by atoms with Crippen molar-refractivity contribution in [3.05, 3.63) is 42.2 Å². The van der Waals surface area contributed by atoms with Crippen molar-refractivity contribution in [1.29, 1.82) is 0 Å². The molecular weight excluding hydrogens is 266 g/mol. The largest absolute Gasteiger partial charge is 0.486 e. The number of aromatic nitrogens is 2. The van der Waals surface area contributed by atoms with Crippen molar-refractivity contribution in [1.82, 2.24) is 15.1 Å². The van der Waals surface area contributed by atoms with Gasteiger partial charge in [0.15, 0.2) is 11.5 Å². The van der Waals surface area contributed by atoms with Gasteiger partial charge in [-0.1, -0.05) is 12.1 Å². The van der Waals surface area contributed by atoms with Crippen LogP contribution in [0, 0.1) is 0 Å². The summed E-state index contributed by atoms with van der Waals surface area (Å²) in [4.78, 5) is 0. The molecule has 112 valence electrons. The van der Waals surface area contributed by atoms with E-state index in [-0.39, 0.29) is 6.04 Å². The summed E-state index contributed by atoms with van der Waals surface area (Å²) in [6.45, 7) is 6.31. The molecule has 0 bridgehead atoms. The number of benzene rings is 1. The molecule has 2 atom stereocenters. The van der Waals surface area contributed by atoms with E-state index >= 15 is 0 Å². The highest BCUT2D eigenvalue weighted by atomic mass is 16.6. The number of ether oxygens (including phenoxy) is 2. The Bertz CT molecular complexity index is 583. The smallest absolute Gasteiger partial charge is 0.165 e. The third kappa shape index (κ3) is 3.03. The Labute approximate surface area is 124 Å². The van der Waals surface area contributed by atoms with Gasteiger partial charge >= 0.3 is 0 Å². The lowest BCUT2D eigenvalue weighted by molar-refractivity contribution is 0.169. The fourth-order valence-electron chi connectivity index (χ4n) is 2.47. The number of nitrogens with zero attached hydrogens (tertiary/aromatic N) is 2. The number of nitrogens with one attached hydrogen (secondary N) is 1. The van der Waals surface area contributed by atoms with E-state index in [1.807, 2.05) is 35.3 Å². The van der Waals surface area contributed by atoms with E-state index in [4.69, 9.17) is 9.47 Å². The zero-order valence-corrected chi connectivity index (χ0v) is 12.5. The molecule has 0 fully saturated rings. The third-order valence-electron chi connectivity index (χ3n) is 3.93. The molecule has 1 aliphatic rings. The standard InChI is InChI=1S/C16H21N3O2/c1-12(13(2)19-8-4-7-18-19)17-11-14-5-3-6-15-16(14)21-10-9-20-15/h3-8,12-13,17H,9-11H2,1-2H3. The van der Waals surface area contributed by atoms with Crippen LogP contribution in [0.1, 0.15) is 25.5 Å². The third-order valence-corrected chi connectivity index (χ3v) is 3.93. The summed E-state index contributed by atoms with van der Waals surface area (Å²) in [6.07, 6.45) is 3.80. The van der Waals surface area contributed by atoms with Crippen LogP contribution in [0.4, 0.5) is 0 Å². The average Bonchev–Trinajstić information content (AvgIpc) is 3.06. The highest BCUT2D eigenvalue weighted by Gasteiger charge is 2.18. The SMILES string of the molecule is CC(NCc1cccc2c1OCCO2)C(C)n1cccn1. The first-order valence-corrected chi connectivity index (χ1v) is 7.35. The minimum absolute atomic E-state index is 0.289. The van der Waals surface area contributed by atoms with Crippen LogP contribution in [-0.4, -0.2) is 29.0 Å². The monoisotopic (exact) mass is 287 g/mol. The summed E-state index contributed by atoms with van der Waals surface area (Å²) in [5, 5.41) is 7.84. The Hall–Kier alpha value is -2.01. The number of hydrogen-bond acceptors (Lipinski definition) is 4. The summed E-state index contributed by atoms with van der Waals surface area (Å²) < 4.78 is 13.3. The van der Waals surface area contributed by atoms with Gasteiger partial charge in [-0.3, -0.25) is 4.68 Å². The molecule has 3 rings (SSSR count). The van der Waals surface area contributed by atoms with E-state index < -0.39 is 0 Å². The average molecular weight is 287 g/mol. The maximum absolute atomic E-state index is 5.74. The molecule has 5 nitrogen and oxygen atoms in total. The lowest BCUT2D eigenvalue weighted by Crippen LogP contribution is -2.33. The van der Waals surface area contributed by atoms with Crippen molar-refractivity contribution in [2.24, 2.45) is 0 Å². The molecule has 5 heteroatoms. The van der Waals surface area contributed by atoms with Gasteiger partial charge in [0.2, 0.25) is 0 Å². The molecule has 1 aromatic carbocycles. The Balaban J connectivity index is 1.65. The van der Waals surface area contributed by atoms with Crippen molar-refractivity contribution >= 4 is 0 Å². The zero-order chi connectivity index (χ0) is 14.7. The Morgan fingerprint density at radius 1 is 1.24 bits per heavy atom. The van der Waals surface area contributed by atoms with Crippen LogP contribution >= 0.6 is 0 Å². The molecule has 0 saturated carbocycles. The normalized spacial score (nSPS) is 16.5. The van der Waals surface area contributed by atoms with Crippen molar-refractivity contribution < 1.29 is 9.47 Å². The Morgan fingerprint density at radius 3 is 2.90 bits per heavy atom. The first-order valence-electron chi connectivity index (χ1n) is 7.35. The van der Waals surface area contributed by atoms with E-state index in [9.17, 15) is 0 Å². The number of hydrogen-bond donors (Lipinski definition) is 1. The van der Waals surface area contributed by atoms with Crippen LogP contribution in [0.5, 0.6) is 11.5 Å². The van der Waals surface area contributed by atoms with Crippen LogP contribution in [0.3, 0.4) is 0 Å². The second kappa shape index (κ2) is 6.18. The molecule has 0 radical (unpaired) electrons. The van der Waals surface area contributed by atoms with E-state index in [1.54, 1.807) is 0 Å². The van der Waals surface area contributed by atoms with Crippen molar-refractivity contribution in [3.8, 4) is 11.5 Å². The van der Waals surface area contributed by atoms with Gasteiger partial charge in [-0.05, 0) is 26.0 Å². The molecular formula is C16H21N3O2. The van der Waals surface area contributed by atoms with Crippen LogP contribution in [0.25, 0.3) is 0 Å². The first kappa shape index (κ1) is 13.9. The van der Waals surface area contributed by atoms with E-state index in [0.717, 1.165) is 23.6 Å². The van der Waals surface area contributed by atoms with Gasteiger partial charge in [0, 0.05) is 30.5 Å². The predicted molar refractivity (Wildman–Crippen MR) is 80.7 cm³/mol. The van der Waals surface area contributed by atoms with Gasteiger partial charge in [-0.15, -0.1) is 0 Å². The van der Waals surface area contributed by atoms with E-state index in [0.29, 0.717) is 19.3 Å². The summed E-state index contributed by atoms with van der Waals surface area (Å²) in [5.74, 6) is 1.71. The zero-order valence-electron chi connectivity index (χ0n) is 12.5. The second-order valence-corrected chi connectivity index (χ2v) is 5.34. The highest BCUT2D eigenvalue weighted by Crippen LogP contribution is 2.33. The van der Waals surface area contributed by atoms with Crippen LogP contribution in [0.2, 0.25) is 0 Å². The molecule has 1 N–H and O–H groups in total. The topological polar surface area (TPSA) is 48.3 Å². The summed E-state index contributed by atoms with van der Waals surface area (Å²) >= 11 is 0. The summed E-state index contributed by atoms with van der Waals surface area (Å²) in [7, 11) is 0. The van der Waals surface area contributed by atoms with Crippen molar-refractivity contribution in [3.63, 3.8) is 0 Å². The maximum Gasteiger partial charge on any atom is 0.165 e. The molecule has 1 aliphatic heterocycles. The first-order chi connectivity index (χ1) is 10.3. The van der Waals surface area contributed by atoms with Crippen molar-refractivity contribution in [2.75, 3.05) is 13.2 Å². The summed E-state index contributed by atoms with van der Waals surface area (Å²) in [5.41, 5.74) is 1.13. The molecule has 0 aliphatic carbocycles. The molecule has 1 aromatic heterocycles. The molecule has 21 heavy (non-hydrogen) atoms. The number of para-hydroxylation sites is 1. The van der Waals surface area contributed by atoms with Gasteiger partial charge in [0.1, 0.15) is 13.2 Å². The predicted octanol–water partition coefficient (Wildman–Crippen LogP) is 2.39. The Morgan fingerprint density at radius 2 is 2.10 bits per heavy atom. The molecule has 2 aromatic rings. The highest BCUT2D eigenvalue weighted by molar-refractivity contribution is 5.47. The minimum Gasteiger partial charge on any atom is -0.486 e. The second-order valence-electron chi connectivity index (χ2n) is 5.34. The van der Waals surface area contributed by atoms with E-state index in [2.05, 4.69) is 30.3 Å². The number of fused-ring (bicyclic) bond motifs is 1. The molecule has 0 saturated heterocycles. The van der Waals surface area contributed by atoms with E-state index in [1.165, 1.54) is 0 Å². The number of rotatable bonds is 5. The minimum atomic E-state index is 0.289. The quantitative estimate of drug-likeness (QED) is 0.917. The van der Waals surface area contributed by atoms with Crippen LogP contribution in [-0.2, 0) is 6.54 Å². The van der Waals surface area contributed by atoms with Crippen molar-refractivity contribution in [2.45, 2.75) is 32.5 Å². The van der Waals surface area contributed by atoms with Gasteiger partial charge < -0.3 is 14.8 Å². The van der Waals surface area contributed by atoms with Gasteiger partial charge in [0.05, 0.1) is 6.04 Å². The van der Waals surface area contributed by atoms with Gasteiger partial charge in [-0.2, -0.15) is 5.10 Å². The molecule has 2 unspecified atom stereocenters. The molecule has 0 spiro atoms. The van der Waals surface area contributed by atoms with Gasteiger partial charge in [0.25, 0.3) is 0 Å². The fourth-order valence-corrected chi connectivity index (χ4v) is 2.47. The lowest BCUT2D eigenvalue weighted by Gasteiger charge is -2.24. The van der Waals surface area contributed by atoms with Gasteiger partial charge in [-0.25, -0.2) is 0 Å². The molecule has 0 amide bonds. The summed E-state index contributed by atoms with van der Waals surface area (Å²) in [6, 6.07) is 8.57. The van der Waals surface area contributed by atoms with Crippen LogP contribution < -0.4 is 14.8 Å². The Kier molecular flexibility index (Phi) is 4.10. The maximum atomic E-state index is 5.74. The fraction of sp³-hybridized carbons (Fsp3) is 0.438. The van der Waals surface area contributed by atoms with Crippen LogP contribution in [0.15, 0.2) is 36.7 Å².